The first-order valence-electron chi connectivity index (χ1n) is 6.12. The highest BCUT2D eigenvalue weighted by atomic mass is 32.2. The quantitative estimate of drug-likeness (QED) is 0.865. The predicted octanol–water partition coefficient (Wildman–Crippen LogP) is 1.46. The number of rotatable bonds is 3. The van der Waals surface area contributed by atoms with Crippen LogP contribution in [0.15, 0.2) is 12.4 Å². The molecule has 1 aromatic heterocycles. The standard InChI is InChI=1S/C12H18N4OS/c1-18-10-5-3-2-4-8(10)16-12(17)9-6-14-7-11(13)15-9/h6-8,10H,2-5H2,1H3,(H2,13,15)(H,16,17). The molecule has 2 unspecified atom stereocenters. The number of thioether (sulfide) groups is 1. The molecule has 1 aliphatic carbocycles. The number of anilines is 1. The molecule has 1 heterocycles. The Bertz CT molecular complexity index is 426. The van der Waals surface area contributed by atoms with Gasteiger partial charge in [-0.05, 0) is 19.1 Å². The zero-order chi connectivity index (χ0) is 13.0. The normalized spacial score (nSPS) is 23.6. The summed E-state index contributed by atoms with van der Waals surface area (Å²) in [5.41, 5.74) is 5.82. The van der Waals surface area contributed by atoms with Crippen LogP contribution in [-0.2, 0) is 0 Å². The van der Waals surface area contributed by atoms with Gasteiger partial charge in [0.15, 0.2) is 0 Å². The van der Waals surface area contributed by atoms with Gasteiger partial charge in [-0.3, -0.25) is 9.78 Å². The Balaban J connectivity index is 2.02. The van der Waals surface area contributed by atoms with Crippen molar-refractivity contribution in [3.8, 4) is 0 Å². The smallest absolute Gasteiger partial charge is 0.271 e. The summed E-state index contributed by atoms with van der Waals surface area (Å²) in [7, 11) is 0. The van der Waals surface area contributed by atoms with Crippen molar-refractivity contribution < 1.29 is 4.79 Å². The van der Waals surface area contributed by atoms with Gasteiger partial charge in [-0.1, -0.05) is 12.8 Å². The van der Waals surface area contributed by atoms with Gasteiger partial charge in [0.2, 0.25) is 0 Å². The minimum absolute atomic E-state index is 0.180. The molecular weight excluding hydrogens is 248 g/mol. The maximum absolute atomic E-state index is 12.0. The fourth-order valence-electron chi connectivity index (χ4n) is 2.28. The Labute approximate surface area is 111 Å². The van der Waals surface area contributed by atoms with Crippen LogP contribution in [0.2, 0.25) is 0 Å². The summed E-state index contributed by atoms with van der Waals surface area (Å²) in [6, 6.07) is 0.226. The maximum atomic E-state index is 12.0. The van der Waals surface area contributed by atoms with Crippen molar-refractivity contribution in [2.24, 2.45) is 0 Å². The average molecular weight is 266 g/mol. The average Bonchev–Trinajstić information content (AvgIpc) is 2.39. The van der Waals surface area contributed by atoms with Crippen LogP contribution in [0.4, 0.5) is 5.82 Å². The van der Waals surface area contributed by atoms with E-state index in [1.165, 1.54) is 25.2 Å². The van der Waals surface area contributed by atoms with Gasteiger partial charge in [0, 0.05) is 11.3 Å². The minimum Gasteiger partial charge on any atom is -0.382 e. The molecule has 1 amide bonds. The summed E-state index contributed by atoms with van der Waals surface area (Å²) in [6.45, 7) is 0. The van der Waals surface area contributed by atoms with Crippen molar-refractivity contribution in [2.75, 3.05) is 12.0 Å². The zero-order valence-electron chi connectivity index (χ0n) is 10.4. The van der Waals surface area contributed by atoms with Crippen LogP contribution >= 0.6 is 11.8 Å². The third kappa shape index (κ3) is 3.13. The van der Waals surface area contributed by atoms with E-state index in [9.17, 15) is 4.79 Å². The van der Waals surface area contributed by atoms with E-state index < -0.39 is 0 Å². The number of nitrogens with zero attached hydrogens (tertiary/aromatic N) is 2. The van der Waals surface area contributed by atoms with Crippen LogP contribution in [0.25, 0.3) is 0 Å². The molecule has 0 saturated heterocycles. The first-order chi connectivity index (χ1) is 8.70. The van der Waals surface area contributed by atoms with Crippen molar-refractivity contribution in [2.45, 2.75) is 37.0 Å². The molecular formula is C12H18N4OS. The Kier molecular flexibility index (Phi) is 4.41. The van der Waals surface area contributed by atoms with E-state index in [0.717, 1.165) is 12.8 Å². The second-order valence-corrected chi connectivity index (χ2v) is 5.54. The van der Waals surface area contributed by atoms with E-state index in [2.05, 4.69) is 21.5 Å². The summed E-state index contributed by atoms with van der Waals surface area (Å²) >= 11 is 1.82. The lowest BCUT2D eigenvalue weighted by Gasteiger charge is -2.30. The van der Waals surface area contributed by atoms with E-state index in [0.29, 0.717) is 10.9 Å². The molecule has 6 heteroatoms. The Morgan fingerprint density at radius 3 is 2.94 bits per heavy atom. The molecule has 2 rings (SSSR count). The highest BCUT2D eigenvalue weighted by Gasteiger charge is 2.26. The second kappa shape index (κ2) is 6.04. The van der Waals surface area contributed by atoms with E-state index >= 15 is 0 Å². The summed E-state index contributed by atoms with van der Waals surface area (Å²) in [6.07, 6.45) is 9.59. The number of hydrogen-bond acceptors (Lipinski definition) is 5. The largest absolute Gasteiger partial charge is 0.382 e. The molecule has 98 valence electrons. The van der Waals surface area contributed by atoms with Gasteiger partial charge in [0.25, 0.3) is 5.91 Å². The lowest BCUT2D eigenvalue weighted by molar-refractivity contribution is 0.0924. The Morgan fingerprint density at radius 2 is 2.22 bits per heavy atom. The molecule has 0 radical (unpaired) electrons. The van der Waals surface area contributed by atoms with Crippen molar-refractivity contribution in [3.05, 3.63) is 18.1 Å². The SMILES string of the molecule is CSC1CCCCC1NC(=O)c1cncc(N)n1. The van der Waals surface area contributed by atoms with Crippen molar-refractivity contribution in [1.29, 1.82) is 0 Å². The lowest BCUT2D eigenvalue weighted by Crippen LogP contribution is -2.44. The molecule has 1 fully saturated rings. The van der Waals surface area contributed by atoms with Gasteiger partial charge < -0.3 is 11.1 Å². The van der Waals surface area contributed by atoms with Gasteiger partial charge in [0.1, 0.15) is 11.5 Å². The molecule has 1 saturated carbocycles. The van der Waals surface area contributed by atoms with Crippen LogP contribution in [-0.4, -0.2) is 33.4 Å². The molecule has 5 nitrogen and oxygen atoms in total. The fraction of sp³-hybridized carbons (Fsp3) is 0.583. The number of carbonyl (C=O) groups is 1. The van der Waals surface area contributed by atoms with Gasteiger partial charge in [-0.25, -0.2) is 4.98 Å². The van der Waals surface area contributed by atoms with Crippen LogP contribution in [0.3, 0.4) is 0 Å². The van der Waals surface area contributed by atoms with E-state index in [1.807, 2.05) is 11.8 Å². The predicted molar refractivity (Wildman–Crippen MR) is 73.5 cm³/mol. The number of hydrogen-bond donors (Lipinski definition) is 2. The van der Waals surface area contributed by atoms with Crippen molar-refractivity contribution >= 4 is 23.5 Å². The fourth-order valence-corrected chi connectivity index (χ4v) is 3.21. The molecule has 3 N–H and O–H groups in total. The third-order valence-corrected chi connectivity index (χ3v) is 4.38. The molecule has 2 atom stereocenters. The molecule has 0 spiro atoms. The number of nitrogens with one attached hydrogen (secondary N) is 1. The number of carbonyl (C=O) groups excluding carboxylic acids is 1. The van der Waals surface area contributed by atoms with Crippen LogP contribution in [0.1, 0.15) is 36.2 Å². The van der Waals surface area contributed by atoms with Gasteiger partial charge in [-0.15, -0.1) is 0 Å². The Hall–Kier alpha value is -1.30. The molecule has 1 aromatic rings. The minimum atomic E-state index is -0.180. The Morgan fingerprint density at radius 1 is 1.44 bits per heavy atom. The summed E-state index contributed by atoms with van der Waals surface area (Å²) in [4.78, 5) is 19.9. The van der Waals surface area contributed by atoms with E-state index in [1.54, 1.807) is 0 Å². The summed E-state index contributed by atoms with van der Waals surface area (Å²) in [5.74, 6) is 0.0912. The van der Waals surface area contributed by atoms with Crippen LogP contribution in [0.5, 0.6) is 0 Å². The van der Waals surface area contributed by atoms with Gasteiger partial charge in [-0.2, -0.15) is 11.8 Å². The molecule has 0 bridgehead atoms. The van der Waals surface area contributed by atoms with Gasteiger partial charge >= 0.3 is 0 Å². The van der Waals surface area contributed by atoms with Crippen LogP contribution in [0, 0.1) is 0 Å². The van der Waals surface area contributed by atoms with Crippen molar-refractivity contribution in [3.63, 3.8) is 0 Å². The first kappa shape index (κ1) is 13.1. The van der Waals surface area contributed by atoms with E-state index in [-0.39, 0.29) is 17.8 Å². The topological polar surface area (TPSA) is 80.9 Å². The maximum Gasteiger partial charge on any atom is 0.271 e. The number of amides is 1. The lowest BCUT2D eigenvalue weighted by atomic mass is 9.95. The second-order valence-electron chi connectivity index (χ2n) is 4.47. The molecule has 1 aliphatic rings. The molecule has 0 aromatic carbocycles. The van der Waals surface area contributed by atoms with Crippen molar-refractivity contribution in [1.82, 2.24) is 15.3 Å². The number of aromatic nitrogens is 2. The first-order valence-corrected chi connectivity index (χ1v) is 7.40. The van der Waals surface area contributed by atoms with Gasteiger partial charge in [0.05, 0.1) is 12.4 Å². The zero-order valence-corrected chi connectivity index (χ0v) is 11.2. The number of nitrogens with two attached hydrogens (primary N) is 1. The molecule has 0 aliphatic heterocycles. The summed E-state index contributed by atoms with van der Waals surface area (Å²) < 4.78 is 0. The van der Waals surface area contributed by atoms with Crippen LogP contribution < -0.4 is 11.1 Å². The summed E-state index contributed by atoms with van der Waals surface area (Å²) in [5, 5.41) is 3.54. The molecule has 18 heavy (non-hydrogen) atoms. The number of nitrogen functional groups attached to an aromatic ring is 1. The highest BCUT2D eigenvalue weighted by molar-refractivity contribution is 7.99. The highest BCUT2D eigenvalue weighted by Crippen LogP contribution is 2.27. The third-order valence-electron chi connectivity index (χ3n) is 3.21. The van der Waals surface area contributed by atoms with E-state index in [4.69, 9.17) is 5.73 Å². The monoisotopic (exact) mass is 266 g/mol.